The topological polar surface area (TPSA) is 110 Å². The van der Waals surface area contributed by atoms with Gasteiger partial charge in [0.1, 0.15) is 28.6 Å². The summed E-state index contributed by atoms with van der Waals surface area (Å²) in [6.07, 6.45) is 0. The van der Waals surface area contributed by atoms with E-state index in [4.69, 9.17) is 5.11 Å². The Kier molecular flexibility index (Phi) is 3.65. The molecule has 0 heterocycles. The molecule has 104 valence electrons. The van der Waals surface area contributed by atoms with Crippen molar-refractivity contribution in [2.75, 3.05) is 0 Å². The van der Waals surface area contributed by atoms with Crippen LogP contribution in [0.25, 0.3) is 0 Å². The van der Waals surface area contributed by atoms with Crippen LogP contribution in [-0.4, -0.2) is 26.3 Å². The van der Waals surface area contributed by atoms with E-state index in [2.05, 4.69) is 5.32 Å². The lowest BCUT2D eigenvalue weighted by Gasteiger charge is -2.10. The van der Waals surface area contributed by atoms with E-state index >= 15 is 0 Å². The number of carbonyl (C=O) groups excluding carboxylic acids is 1. The molecule has 0 saturated carbocycles. The second-order valence-electron chi connectivity index (χ2n) is 4.17. The second-order valence-corrected chi connectivity index (χ2v) is 4.17. The van der Waals surface area contributed by atoms with Crippen molar-refractivity contribution in [2.24, 2.45) is 0 Å². The van der Waals surface area contributed by atoms with Gasteiger partial charge in [-0.1, -0.05) is 18.2 Å². The van der Waals surface area contributed by atoms with Gasteiger partial charge >= 0.3 is 0 Å². The number of nitrogens with one attached hydrogen (secondary N) is 1. The molecule has 0 spiro atoms. The summed E-state index contributed by atoms with van der Waals surface area (Å²) in [5, 5.41) is 40.3. The number of phenolic OH excluding ortho intramolecular Hbond substituents is 4. The zero-order chi connectivity index (χ0) is 14.7. The molecule has 2 aromatic carbocycles. The molecule has 0 radical (unpaired) electrons. The minimum Gasteiger partial charge on any atom is -0.508 e. The molecule has 0 fully saturated rings. The predicted octanol–water partition coefficient (Wildman–Crippen LogP) is 1.44. The van der Waals surface area contributed by atoms with Gasteiger partial charge < -0.3 is 25.7 Å². The molecule has 2 aromatic rings. The highest BCUT2D eigenvalue weighted by Gasteiger charge is 2.17. The molecule has 0 aromatic heterocycles. The normalized spacial score (nSPS) is 10.2. The molecule has 6 heteroatoms. The van der Waals surface area contributed by atoms with Crippen LogP contribution in [0.15, 0.2) is 36.4 Å². The van der Waals surface area contributed by atoms with E-state index in [0.29, 0.717) is 5.56 Å². The van der Waals surface area contributed by atoms with Gasteiger partial charge in [-0.2, -0.15) is 0 Å². The van der Waals surface area contributed by atoms with Crippen LogP contribution in [0.5, 0.6) is 23.0 Å². The smallest absolute Gasteiger partial charge is 0.259 e. The van der Waals surface area contributed by atoms with Crippen LogP contribution < -0.4 is 5.32 Å². The second kappa shape index (κ2) is 5.40. The Morgan fingerprint density at radius 1 is 0.950 bits per heavy atom. The van der Waals surface area contributed by atoms with E-state index in [1.54, 1.807) is 18.2 Å². The lowest BCUT2D eigenvalue weighted by atomic mass is 10.1. The number of phenols is 4. The van der Waals surface area contributed by atoms with Gasteiger partial charge in [0, 0.05) is 24.2 Å². The fraction of sp³-hybridized carbons (Fsp3) is 0.0714. The van der Waals surface area contributed by atoms with Crippen molar-refractivity contribution in [2.45, 2.75) is 6.54 Å². The highest BCUT2D eigenvalue weighted by molar-refractivity contribution is 5.99. The third-order valence-electron chi connectivity index (χ3n) is 2.74. The van der Waals surface area contributed by atoms with Crippen molar-refractivity contribution in [3.63, 3.8) is 0 Å². The minimum absolute atomic E-state index is 0.0330. The fourth-order valence-corrected chi connectivity index (χ4v) is 1.75. The molecule has 0 aliphatic heterocycles. The molecule has 0 saturated heterocycles. The maximum Gasteiger partial charge on any atom is 0.259 e. The Morgan fingerprint density at radius 3 is 2.15 bits per heavy atom. The number of rotatable bonds is 3. The molecule has 0 aliphatic rings. The number of para-hydroxylation sites is 1. The summed E-state index contributed by atoms with van der Waals surface area (Å²) >= 11 is 0. The summed E-state index contributed by atoms with van der Waals surface area (Å²) < 4.78 is 0. The average molecular weight is 275 g/mol. The first-order valence-electron chi connectivity index (χ1n) is 5.79. The summed E-state index contributed by atoms with van der Waals surface area (Å²) in [7, 11) is 0. The van der Waals surface area contributed by atoms with Crippen LogP contribution in [0.3, 0.4) is 0 Å². The van der Waals surface area contributed by atoms with Gasteiger partial charge in [0.05, 0.1) is 0 Å². The van der Waals surface area contributed by atoms with E-state index in [1.165, 1.54) is 6.07 Å². The predicted molar refractivity (Wildman–Crippen MR) is 70.7 cm³/mol. The van der Waals surface area contributed by atoms with Crippen molar-refractivity contribution in [1.29, 1.82) is 0 Å². The van der Waals surface area contributed by atoms with Crippen molar-refractivity contribution in [3.05, 3.63) is 47.5 Å². The SMILES string of the molecule is O=C(NCc1ccccc1O)c1c(O)cc(O)cc1O. The number of hydrogen-bond acceptors (Lipinski definition) is 5. The van der Waals surface area contributed by atoms with Gasteiger partial charge in [-0.05, 0) is 6.07 Å². The highest BCUT2D eigenvalue weighted by atomic mass is 16.3. The lowest BCUT2D eigenvalue weighted by Crippen LogP contribution is -2.23. The van der Waals surface area contributed by atoms with Gasteiger partial charge in [0.25, 0.3) is 5.91 Å². The third kappa shape index (κ3) is 2.74. The zero-order valence-electron chi connectivity index (χ0n) is 10.4. The Bertz CT molecular complexity index is 631. The molecular formula is C14H13NO5. The van der Waals surface area contributed by atoms with Gasteiger partial charge in [-0.15, -0.1) is 0 Å². The largest absolute Gasteiger partial charge is 0.508 e. The molecule has 20 heavy (non-hydrogen) atoms. The van der Waals surface area contributed by atoms with Gasteiger partial charge in [0.15, 0.2) is 0 Å². The number of carbonyl (C=O) groups is 1. The molecule has 5 N–H and O–H groups in total. The first-order valence-corrected chi connectivity index (χ1v) is 5.79. The van der Waals surface area contributed by atoms with Crippen LogP contribution in [0.2, 0.25) is 0 Å². The van der Waals surface area contributed by atoms with E-state index in [0.717, 1.165) is 12.1 Å². The number of benzene rings is 2. The maximum absolute atomic E-state index is 11.9. The van der Waals surface area contributed by atoms with Crippen LogP contribution >= 0.6 is 0 Å². The van der Waals surface area contributed by atoms with Crippen LogP contribution in [0.1, 0.15) is 15.9 Å². The van der Waals surface area contributed by atoms with Crippen LogP contribution in [0.4, 0.5) is 0 Å². The average Bonchev–Trinajstić information content (AvgIpc) is 2.36. The van der Waals surface area contributed by atoms with E-state index in [-0.39, 0.29) is 23.6 Å². The molecule has 6 nitrogen and oxygen atoms in total. The molecule has 0 unspecified atom stereocenters. The Balaban J connectivity index is 2.16. The van der Waals surface area contributed by atoms with Crippen molar-refractivity contribution >= 4 is 5.91 Å². The standard InChI is InChI=1S/C14H13NO5/c16-9-5-11(18)13(12(19)6-9)14(20)15-7-8-3-1-2-4-10(8)17/h1-6,16-19H,7H2,(H,15,20). The Hall–Kier alpha value is -2.89. The monoisotopic (exact) mass is 275 g/mol. The third-order valence-corrected chi connectivity index (χ3v) is 2.74. The van der Waals surface area contributed by atoms with Gasteiger partial charge in [0.2, 0.25) is 0 Å². The number of amides is 1. The number of hydrogen-bond donors (Lipinski definition) is 5. The first kappa shape index (κ1) is 13.5. The van der Waals surface area contributed by atoms with Gasteiger partial charge in [-0.3, -0.25) is 4.79 Å². The molecule has 0 atom stereocenters. The first-order chi connectivity index (χ1) is 9.49. The Labute approximate surface area is 114 Å². The fourth-order valence-electron chi connectivity index (χ4n) is 1.75. The molecule has 0 bridgehead atoms. The van der Waals surface area contributed by atoms with E-state index in [9.17, 15) is 20.1 Å². The lowest BCUT2D eigenvalue weighted by molar-refractivity contribution is 0.0945. The minimum atomic E-state index is -0.719. The van der Waals surface area contributed by atoms with Crippen molar-refractivity contribution in [1.82, 2.24) is 5.32 Å². The maximum atomic E-state index is 11.9. The van der Waals surface area contributed by atoms with E-state index in [1.807, 2.05) is 0 Å². The van der Waals surface area contributed by atoms with Crippen LogP contribution in [0, 0.1) is 0 Å². The summed E-state index contributed by atoms with van der Waals surface area (Å²) in [5.41, 5.74) is 0.164. The van der Waals surface area contributed by atoms with Gasteiger partial charge in [-0.25, -0.2) is 0 Å². The summed E-state index contributed by atoms with van der Waals surface area (Å²) in [6, 6.07) is 8.38. The quantitative estimate of drug-likeness (QED) is 0.582. The number of aromatic hydroxyl groups is 4. The van der Waals surface area contributed by atoms with Crippen LogP contribution in [-0.2, 0) is 6.54 Å². The van der Waals surface area contributed by atoms with E-state index < -0.39 is 17.4 Å². The molecule has 1 amide bonds. The highest BCUT2D eigenvalue weighted by Crippen LogP contribution is 2.31. The zero-order valence-corrected chi connectivity index (χ0v) is 10.4. The summed E-state index contributed by atoms with van der Waals surface area (Å²) in [5.74, 6) is -2.10. The van der Waals surface area contributed by atoms with Crippen molar-refractivity contribution in [3.8, 4) is 23.0 Å². The van der Waals surface area contributed by atoms with Crippen molar-refractivity contribution < 1.29 is 25.2 Å². The Morgan fingerprint density at radius 2 is 1.55 bits per heavy atom. The molecule has 2 rings (SSSR count). The summed E-state index contributed by atoms with van der Waals surface area (Å²) in [4.78, 5) is 11.9. The summed E-state index contributed by atoms with van der Waals surface area (Å²) in [6.45, 7) is 0.0330. The molecular weight excluding hydrogens is 262 g/mol. The molecule has 0 aliphatic carbocycles.